The van der Waals surface area contributed by atoms with E-state index in [4.69, 9.17) is 11.6 Å². The van der Waals surface area contributed by atoms with Crippen LogP contribution in [-0.4, -0.2) is 26.3 Å². The molecule has 1 N–H and O–H groups in total. The van der Waals surface area contributed by atoms with Gasteiger partial charge in [-0.1, -0.05) is 35.9 Å². The third-order valence-corrected chi connectivity index (χ3v) is 6.95. The number of rotatable bonds is 6. The summed E-state index contributed by atoms with van der Waals surface area (Å²) in [6, 6.07) is 12.2. The van der Waals surface area contributed by atoms with Crippen molar-refractivity contribution in [2.45, 2.75) is 28.9 Å². The first-order valence-corrected chi connectivity index (χ1v) is 11.5. The van der Waals surface area contributed by atoms with Crippen LogP contribution in [0.25, 0.3) is 0 Å². The van der Waals surface area contributed by atoms with Gasteiger partial charge in [-0.15, -0.1) is 0 Å². The van der Waals surface area contributed by atoms with Crippen LogP contribution in [0.5, 0.6) is 0 Å². The SMILES string of the molecule is C[C@H](NC(=O)C(F)(F)F)c1ccc(S(=O)(=O)c2ccc(Cl)cc2C(=O)c2ccccc2F)cc1. The number of nitrogens with one attached hydrogen (secondary N) is 1. The average Bonchev–Trinajstić information content (AvgIpc) is 2.78. The fraction of sp³-hybridized carbons (Fsp3) is 0.130. The highest BCUT2D eigenvalue weighted by Gasteiger charge is 2.39. The van der Waals surface area contributed by atoms with Gasteiger partial charge in [0, 0.05) is 10.6 Å². The fourth-order valence-corrected chi connectivity index (χ4v) is 4.74. The minimum atomic E-state index is -5.06. The number of sulfone groups is 1. The van der Waals surface area contributed by atoms with Gasteiger partial charge in [0.1, 0.15) is 5.82 Å². The molecule has 178 valence electrons. The highest BCUT2D eigenvalue weighted by Crippen LogP contribution is 2.30. The number of amides is 1. The molecule has 0 aliphatic heterocycles. The Morgan fingerprint density at radius 1 is 0.941 bits per heavy atom. The molecular formula is C23H16ClF4NO4S. The maximum Gasteiger partial charge on any atom is 0.471 e. The summed E-state index contributed by atoms with van der Waals surface area (Å²) >= 11 is 5.96. The first-order valence-electron chi connectivity index (χ1n) is 9.64. The molecule has 3 aromatic carbocycles. The standard InChI is InChI=1S/C23H16ClF4NO4S/c1-13(29-22(31)23(26,27)28)14-6-9-16(10-7-14)34(32,33)20-11-8-15(24)12-18(20)21(30)17-4-2-3-5-19(17)25/h2-13H,1H3,(H,29,31)/t13-/m0/s1. The first kappa shape index (κ1) is 25.4. The molecular weight excluding hydrogens is 498 g/mol. The molecule has 0 radical (unpaired) electrons. The molecule has 0 aliphatic carbocycles. The van der Waals surface area contributed by atoms with Gasteiger partial charge in [0.2, 0.25) is 9.84 Å². The van der Waals surface area contributed by atoms with Crippen LogP contribution in [0.2, 0.25) is 5.02 Å². The molecule has 0 fully saturated rings. The van der Waals surface area contributed by atoms with Crippen LogP contribution in [-0.2, 0) is 14.6 Å². The van der Waals surface area contributed by atoms with Gasteiger partial charge in [-0.2, -0.15) is 13.2 Å². The second-order valence-electron chi connectivity index (χ2n) is 7.21. The number of alkyl halides is 3. The van der Waals surface area contributed by atoms with Crippen LogP contribution in [0.15, 0.2) is 76.5 Å². The number of halogens is 5. The van der Waals surface area contributed by atoms with Crippen molar-refractivity contribution in [3.63, 3.8) is 0 Å². The molecule has 1 amide bonds. The van der Waals surface area contributed by atoms with E-state index in [1.54, 1.807) is 5.32 Å². The molecule has 0 aliphatic rings. The van der Waals surface area contributed by atoms with Crippen LogP contribution in [0.3, 0.4) is 0 Å². The van der Waals surface area contributed by atoms with Crippen LogP contribution in [0.1, 0.15) is 34.5 Å². The summed E-state index contributed by atoms with van der Waals surface area (Å²) in [4.78, 5) is 23.4. The summed E-state index contributed by atoms with van der Waals surface area (Å²) in [6.45, 7) is 1.30. The molecule has 0 spiro atoms. The number of ketones is 1. The van der Waals surface area contributed by atoms with Gasteiger partial charge in [-0.3, -0.25) is 9.59 Å². The van der Waals surface area contributed by atoms with Crippen molar-refractivity contribution in [2.75, 3.05) is 0 Å². The summed E-state index contributed by atoms with van der Waals surface area (Å²) in [5.41, 5.74) is -0.464. The molecule has 11 heteroatoms. The van der Waals surface area contributed by atoms with Crippen molar-refractivity contribution in [1.29, 1.82) is 0 Å². The highest BCUT2D eigenvalue weighted by molar-refractivity contribution is 7.91. The van der Waals surface area contributed by atoms with E-state index in [9.17, 15) is 35.6 Å². The molecule has 3 aromatic rings. The lowest BCUT2D eigenvalue weighted by atomic mass is 10.0. The van der Waals surface area contributed by atoms with Gasteiger partial charge < -0.3 is 5.32 Å². The van der Waals surface area contributed by atoms with E-state index in [1.807, 2.05) is 0 Å². The number of hydrogen-bond acceptors (Lipinski definition) is 4. The number of hydrogen-bond donors (Lipinski definition) is 1. The van der Waals surface area contributed by atoms with Crippen LogP contribution < -0.4 is 5.32 Å². The zero-order valence-corrected chi connectivity index (χ0v) is 18.9. The Morgan fingerprint density at radius 3 is 2.15 bits per heavy atom. The molecule has 0 unspecified atom stereocenters. The molecule has 3 rings (SSSR count). The Hall–Kier alpha value is -3.24. The largest absolute Gasteiger partial charge is 0.471 e. The normalized spacial score (nSPS) is 12.8. The second kappa shape index (κ2) is 9.55. The molecule has 0 bridgehead atoms. The van der Waals surface area contributed by atoms with Crippen molar-refractivity contribution in [1.82, 2.24) is 5.32 Å². The monoisotopic (exact) mass is 513 g/mol. The summed E-state index contributed by atoms with van der Waals surface area (Å²) in [7, 11) is -4.31. The number of benzene rings is 3. The third-order valence-electron chi connectivity index (χ3n) is 4.89. The van der Waals surface area contributed by atoms with Gasteiger partial charge in [0.05, 0.1) is 21.4 Å². The Morgan fingerprint density at radius 2 is 1.56 bits per heavy atom. The van der Waals surface area contributed by atoms with Gasteiger partial charge in [-0.05, 0) is 55.0 Å². The summed E-state index contributed by atoms with van der Waals surface area (Å²) in [6.07, 6.45) is -5.06. The maximum absolute atomic E-state index is 14.2. The first-order chi connectivity index (χ1) is 15.8. The molecule has 0 aromatic heterocycles. The van der Waals surface area contributed by atoms with E-state index in [1.165, 1.54) is 43.3 Å². The van der Waals surface area contributed by atoms with Gasteiger partial charge >= 0.3 is 12.1 Å². The summed E-state index contributed by atoms with van der Waals surface area (Å²) < 4.78 is 78.1. The maximum atomic E-state index is 14.2. The number of carbonyl (C=O) groups is 2. The van der Waals surface area contributed by atoms with E-state index in [0.29, 0.717) is 0 Å². The lowest BCUT2D eigenvalue weighted by molar-refractivity contribution is -0.174. The molecule has 34 heavy (non-hydrogen) atoms. The minimum Gasteiger partial charge on any atom is -0.342 e. The lowest BCUT2D eigenvalue weighted by Crippen LogP contribution is -2.38. The van der Waals surface area contributed by atoms with Crippen molar-refractivity contribution >= 4 is 33.1 Å². The van der Waals surface area contributed by atoms with Crippen molar-refractivity contribution in [3.05, 3.63) is 94.3 Å². The van der Waals surface area contributed by atoms with Crippen molar-refractivity contribution < 1.29 is 35.6 Å². The highest BCUT2D eigenvalue weighted by atomic mass is 35.5. The smallest absolute Gasteiger partial charge is 0.342 e. The van der Waals surface area contributed by atoms with Crippen molar-refractivity contribution in [2.24, 2.45) is 0 Å². The van der Waals surface area contributed by atoms with Gasteiger partial charge in [0.15, 0.2) is 5.78 Å². The number of carbonyl (C=O) groups excluding carboxylic acids is 2. The Labute approximate surface area is 197 Å². The lowest BCUT2D eigenvalue weighted by Gasteiger charge is -2.16. The Kier molecular flexibility index (Phi) is 7.13. The molecule has 0 heterocycles. The van der Waals surface area contributed by atoms with Crippen LogP contribution >= 0.6 is 11.6 Å². The Balaban J connectivity index is 1.98. The van der Waals surface area contributed by atoms with E-state index in [2.05, 4.69) is 0 Å². The zero-order valence-electron chi connectivity index (χ0n) is 17.4. The predicted octanol–water partition coefficient (Wildman–Crippen LogP) is 5.28. The predicted molar refractivity (Wildman–Crippen MR) is 116 cm³/mol. The van der Waals surface area contributed by atoms with Crippen LogP contribution in [0, 0.1) is 5.82 Å². The average molecular weight is 514 g/mol. The van der Waals surface area contributed by atoms with Gasteiger partial charge in [0.25, 0.3) is 0 Å². The fourth-order valence-electron chi connectivity index (χ4n) is 3.13. The van der Waals surface area contributed by atoms with E-state index < -0.39 is 44.5 Å². The molecule has 0 saturated heterocycles. The van der Waals surface area contributed by atoms with E-state index in [0.717, 1.165) is 30.3 Å². The van der Waals surface area contributed by atoms with E-state index >= 15 is 0 Å². The zero-order chi connectivity index (χ0) is 25.3. The van der Waals surface area contributed by atoms with Gasteiger partial charge in [-0.25, -0.2) is 12.8 Å². The quantitative estimate of drug-likeness (QED) is 0.359. The molecule has 5 nitrogen and oxygen atoms in total. The second-order valence-corrected chi connectivity index (χ2v) is 9.57. The molecule has 1 atom stereocenters. The molecule has 0 saturated carbocycles. The summed E-state index contributed by atoms with van der Waals surface area (Å²) in [5, 5.41) is 1.83. The minimum absolute atomic E-state index is 0.0585. The summed E-state index contributed by atoms with van der Waals surface area (Å²) in [5.74, 6) is -3.86. The Bertz CT molecular complexity index is 1360. The topological polar surface area (TPSA) is 80.3 Å². The third kappa shape index (κ3) is 5.28. The van der Waals surface area contributed by atoms with Crippen LogP contribution in [0.4, 0.5) is 17.6 Å². The van der Waals surface area contributed by atoms with E-state index in [-0.39, 0.29) is 26.6 Å². The van der Waals surface area contributed by atoms with Crippen molar-refractivity contribution in [3.8, 4) is 0 Å².